The molecule has 3 aromatic rings. The minimum absolute atomic E-state index is 0.607. The van der Waals surface area contributed by atoms with Crippen LogP contribution in [0.25, 0.3) is 22.6 Å². The van der Waals surface area contributed by atoms with E-state index in [-0.39, 0.29) is 0 Å². The predicted molar refractivity (Wildman–Crippen MR) is 83.4 cm³/mol. The number of rotatable bonds is 2. The quantitative estimate of drug-likeness (QED) is 0.711. The van der Waals surface area contributed by atoms with Crippen molar-refractivity contribution in [2.75, 3.05) is 0 Å². The van der Waals surface area contributed by atoms with Gasteiger partial charge in [-0.2, -0.15) is 5.26 Å². The smallest absolute Gasteiger partial charge is 0.134 e. The lowest BCUT2D eigenvalue weighted by Gasteiger charge is -1.96. The van der Waals surface area contributed by atoms with Crippen LogP contribution in [0.3, 0.4) is 0 Å². The zero-order valence-electron chi connectivity index (χ0n) is 11.3. The van der Waals surface area contributed by atoms with Gasteiger partial charge in [0.1, 0.15) is 11.1 Å². The Morgan fingerprint density at radius 1 is 1.35 bits per heavy atom. The molecule has 1 aromatic carbocycles. The molecule has 0 fully saturated rings. The number of nitriles is 1. The summed E-state index contributed by atoms with van der Waals surface area (Å²) in [5.74, 6) is 0. The Balaban J connectivity index is 2.18. The molecule has 0 aliphatic carbocycles. The lowest BCUT2D eigenvalue weighted by molar-refractivity contribution is 1.24. The SMILES string of the molecule is Cc1csc(/C(C#N)=C/c2c(C)[nH]c3ccccc23)n1. The van der Waals surface area contributed by atoms with Crippen LogP contribution in [0.4, 0.5) is 0 Å². The highest BCUT2D eigenvalue weighted by Gasteiger charge is 2.10. The van der Waals surface area contributed by atoms with Crippen molar-refractivity contribution in [1.82, 2.24) is 9.97 Å². The van der Waals surface area contributed by atoms with E-state index in [9.17, 15) is 5.26 Å². The molecule has 0 saturated heterocycles. The number of benzene rings is 1. The van der Waals surface area contributed by atoms with Crippen LogP contribution >= 0.6 is 11.3 Å². The van der Waals surface area contributed by atoms with Gasteiger partial charge in [-0.15, -0.1) is 11.3 Å². The molecular weight excluding hydrogens is 266 g/mol. The van der Waals surface area contributed by atoms with Crippen molar-refractivity contribution in [1.29, 1.82) is 5.26 Å². The average Bonchev–Trinajstić information content (AvgIpc) is 3.00. The fourth-order valence-corrected chi connectivity index (χ4v) is 3.01. The second-order valence-electron chi connectivity index (χ2n) is 4.67. The lowest BCUT2D eigenvalue weighted by atomic mass is 10.1. The summed E-state index contributed by atoms with van der Waals surface area (Å²) in [6.07, 6.45) is 1.92. The molecule has 2 aromatic heterocycles. The molecule has 3 nitrogen and oxygen atoms in total. The van der Waals surface area contributed by atoms with Gasteiger partial charge in [0.15, 0.2) is 0 Å². The number of H-pyrrole nitrogens is 1. The van der Waals surface area contributed by atoms with E-state index in [2.05, 4.69) is 22.1 Å². The fraction of sp³-hybridized carbons (Fsp3) is 0.125. The minimum Gasteiger partial charge on any atom is -0.358 e. The Kier molecular flexibility index (Phi) is 3.13. The second kappa shape index (κ2) is 4.95. The van der Waals surface area contributed by atoms with E-state index in [0.29, 0.717) is 5.57 Å². The maximum atomic E-state index is 9.39. The molecule has 4 heteroatoms. The number of allylic oxidation sites excluding steroid dienone is 1. The summed E-state index contributed by atoms with van der Waals surface area (Å²) in [5, 5.41) is 13.3. The molecular formula is C16H13N3S. The van der Waals surface area contributed by atoms with E-state index in [1.807, 2.05) is 43.5 Å². The van der Waals surface area contributed by atoms with Crippen LogP contribution in [0.1, 0.15) is 22.0 Å². The third-order valence-electron chi connectivity index (χ3n) is 3.20. The summed E-state index contributed by atoms with van der Waals surface area (Å²) in [6.45, 7) is 3.96. The van der Waals surface area contributed by atoms with Crippen LogP contribution in [-0.4, -0.2) is 9.97 Å². The summed E-state index contributed by atoms with van der Waals surface area (Å²) in [7, 11) is 0. The summed E-state index contributed by atoms with van der Waals surface area (Å²) >= 11 is 1.50. The van der Waals surface area contributed by atoms with Crippen LogP contribution in [0, 0.1) is 25.2 Å². The topological polar surface area (TPSA) is 52.5 Å². The molecule has 98 valence electrons. The van der Waals surface area contributed by atoms with Gasteiger partial charge in [-0.25, -0.2) is 4.98 Å². The molecule has 2 heterocycles. The van der Waals surface area contributed by atoms with E-state index in [1.165, 1.54) is 11.3 Å². The molecule has 0 bridgehead atoms. The van der Waals surface area contributed by atoms with Crippen LogP contribution in [0.2, 0.25) is 0 Å². The van der Waals surface area contributed by atoms with E-state index >= 15 is 0 Å². The number of aromatic amines is 1. The van der Waals surface area contributed by atoms with E-state index in [4.69, 9.17) is 0 Å². The first-order valence-electron chi connectivity index (χ1n) is 6.30. The molecule has 0 amide bonds. The van der Waals surface area contributed by atoms with Gasteiger partial charge < -0.3 is 4.98 Å². The number of aryl methyl sites for hydroxylation is 2. The molecule has 0 unspecified atom stereocenters. The van der Waals surface area contributed by atoms with Crippen LogP contribution in [0.5, 0.6) is 0 Å². The van der Waals surface area contributed by atoms with Gasteiger partial charge >= 0.3 is 0 Å². The Bertz CT molecular complexity index is 846. The Hall–Kier alpha value is -2.38. The third kappa shape index (κ3) is 2.13. The van der Waals surface area contributed by atoms with Crippen molar-refractivity contribution in [2.45, 2.75) is 13.8 Å². The number of fused-ring (bicyclic) bond motifs is 1. The fourth-order valence-electron chi connectivity index (χ4n) is 2.25. The van der Waals surface area contributed by atoms with Gasteiger partial charge in [0, 0.05) is 33.2 Å². The van der Waals surface area contributed by atoms with E-state index in [1.54, 1.807) is 0 Å². The highest BCUT2D eigenvalue weighted by atomic mass is 32.1. The predicted octanol–water partition coefficient (Wildman–Crippen LogP) is 4.31. The molecule has 0 atom stereocenters. The molecule has 0 spiro atoms. The first-order valence-corrected chi connectivity index (χ1v) is 7.18. The number of thiazole rings is 1. The number of aromatic nitrogens is 2. The van der Waals surface area contributed by atoms with Gasteiger partial charge in [-0.05, 0) is 26.0 Å². The van der Waals surface area contributed by atoms with Crippen molar-refractivity contribution in [3.63, 3.8) is 0 Å². The standard InChI is InChI=1S/C16H13N3S/c1-10-9-20-16(18-10)12(8-17)7-14-11(2)19-15-6-4-3-5-13(14)15/h3-7,9,19H,1-2H3/b12-7+. The summed E-state index contributed by atoms with van der Waals surface area (Å²) in [6, 6.07) is 10.4. The van der Waals surface area contributed by atoms with Crippen molar-refractivity contribution in [3.05, 3.63) is 51.6 Å². The van der Waals surface area contributed by atoms with Gasteiger partial charge in [0.05, 0.1) is 5.57 Å². The molecule has 0 saturated carbocycles. The van der Waals surface area contributed by atoms with Crippen LogP contribution in [0.15, 0.2) is 29.6 Å². The summed E-state index contributed by atoms with van der Waals surface area (Å²) < 4.78 is 0. The first-order chi connectivity index (χ1) is 9.69. The number of para-hydroxylation sites is 1. The van der Waals surface area contributed by atoms with E-state index < -0.39 is 0 Å². The highest BCUT2D eigenvalue weighted by Crippen LogP contribution is 2.27. The first kappa shape index (κ1) is 12.6. The highest BCUT2D eigenvalue weighted by molar-refractivity contribution is 7.11. The van der Waals surface area contributed by atoms with Crippen LogP contribution < -0.4 is 0 Å². The number of hydrogen-bond donors (Lipinski definition) is 1. The summed E-state index contributed by atoms with van der Waals surface area (Å²) in [4.78, 5) is 7.73. The van der Waals surface area contributed by atoms with Gasteiger partial charge in [-0.1, -0.05) is 18.2 Å². The second-order valence-corrected chi connectivity index (χ2v) is 5.53. The van der Waals surface area contributed by atoms with Gasteiger partial charge in [-0.3, -0.25) is 0 Å². The molecule has 3 rings (SSSR count). The van der Waals surface area contributed by atoms with Crippen molar-refractivity contribution in [3.8, 4) is 6.07 Å². The zero-order valence-corrected chi connectivity index (χ0v) is 12.1. The zero-order chi connectivity index (χ0) is 14.1. The van der Waals surface area contributed by atoms with Crippen molar-refractivity contribution < 1.29 is 0 Å². The monoisotopic (exact) mass is 279 g/mol. The van der Waals surface area contributed by atoms with Crippen molar-refractivity contribution in [2.24, 2.45) is 0 Å². The lowest BCUT2D eigenvalue weighted by Crippen LogP contribution is -1.82. The van der Waals surface area contributed by atoms with Crippen molar-refractivity contribution >= 4 is 33.9 Å². The maximum Gasteiger partial charge on any atom is 0.134 e. The Morgan fingerprint density at radius 2 is 2.15 bits per heavy atom. The molecule has 1 N–H and O–H groups in total. The minimum atomic E-state index is 0.607. The number of nitrogens with zero attached hydrogens (tertiary/aromatic N) is 2. The number of nitrogens with one attached hydrogen (secondary N) is 1. The molecule has 0 radical (unpaired) electrons. The molecule has 0 aliphatic rings. The molecule has 0 aliphatic heterocycles. The normalized spacial score (nSPS) is 11.8. The maximum absolute atomic E-state index is 9.39. The molecule has 20 heavy (non-hydrogen) atoms. The van der Waals surface area contributed by atoms with Crippen LogP contribution in [-0.2, 0) is 0 Å². The largest absolute Gasteiger partial charge is 0.358 e. The average molecular weight is 279 g/mol. The van der Waals surface area contributed by atoms with E-state index in [0.717, 1.165) is 32.9 Å². The Morgan fingerprint density at radius 3 is 2.85 bits per heavy atom. The third-order valence-corrected chi connectivity index (χ3v) is 4.20. The Labute approximate surface area is 121 Å². The van der Waals surface area contributed by atoms with Gasteiger partial charge in [0.2, 0.25) is 0 Å². The van der Waals surface area contributed by atoms with Gasteiger partial charge in [0.25, 0.3) is 0 Å². The summed E-state index contributed by atoms with van der Waals surface area (Å²) in [5.41, 5.74) is 4.76. The number of hydrogen-bond acceptors (Lipinski definition) is 3.